The second-order valence-corrected chi connectivity index (χ2v) is 5.29. The molecule has 0 fully saturated rings. The summed E-state index contributed by atoms with van der Waals surface area (Å²) in [5.41, 5.74) is 1.37. The predicted octanol–water partition coefficient (Wildman–Crippen LogP) is 2.41. The smallest absolute Gasteiger partial charge is 0.261 e. The van der Waals surface area contributed by atoms with Crippen molar-refractivity contribution in [2.75, 3.05) is 6.61 Å². The monoisotopic (exact) mass is 289 g/mol. The summed E-state index contributed by atoms with van der Waals surface area (Å²) >= 11 is 1.22. The molecule has 1 amide bonds. The molecule has 0 aliphatic heterocycles. The zero-order chi connectivity index (χ0) is 14.5. The predicted molar refractivity (Wildman–Crippen MR) is 78.1 cm³/mol. The molecule has 2 aromatic rings. The standard InChI is InChI=1S/C15H15NO3S/c1-10(18)12-7-14(20-9-12)15(19)16-13(8-17)11-5-3-2-4-6-11/h2-7,9,13,17H,8H2,1H3,(H,16,19). The Hall–Kier alpha value is -1.98. The lowest BCUT2D eigenvalue weighted by Crippen LogP contribution is -2.30. The number of benzene rings is 1. The number of ketones is 1. The van der Waals surface area contributed by atoms with Crippen LogP contribution in [0.5, 0.6) is 0 Å². The lowest BCUT2D eigenvalue weighted by molar-refractivity contribution is 0.0920. The molecular formula is C15H15NO3S. The van der Waals surface area contributed by atoms with E-state index in [1.807, 2.05) is 30.3 Å². The molecule has 0 aliphatic rings. The van der Waals surface area contributed by atoms with Gasteiger partial charge in [-0.25, -0.2) is 0 Å². The Morgan fingerprint density at radius 2 is 2.00 bits per heavy atom. The van der Waals surface area contributed by atoms with Gasteiger partial charge in [0, 0.05) is 10.9 Å². The summed E-state index contributed by atoms with van der Waals surface area (Å²) in [5, 5.41) is 13.8. The van der Waals surface area contributed by atoms with E-state index in [0.717, 1.165) is 5.56 Å². The molecule has 1 atom stereocenters. The number of aliphatic hydroxyl groups is 1. The summed E-state index contributed by atoms with van der Waals surface area (Å²) in [4.78, 5) is 23.8. The van der Waals surface area contributed by atoms with Crippen LogP contribution in [-0.4, -0.2) is 23.4 Å². The minimum absolute atomic E-state index is 0.0675. The summed E-state index contributed by atoms with van der Waals surface area (Å²) in [6.07, 6.45) is 0. The molecule has 0 radical (unpaired) electrons. The average molecular weight is 289 g/mol. The maximum Gasteiger partial charge on any atom is 0.261 e. The third-order valence-corrected chi connectivity index (χ3v) is 3.85. The van der Waals surface area contributed by atoms with Crippen molar-refractivity contribution in [1.29, 1.82) is 0 Å². The van der Waals surface area contributed by atoms with Crippen molar-refractivity contribution in [2.24, 2.45) is 0 Å². The minimum Gasteiger partial charge on any atom is -0.394 e. The molecule has 1 aromatic heterocycles. The molecule has 4 nitrogen and oxygen atoms in total. The highest BCUT2D eigenvalue weighted by Crippen LogP contribution is 2.18. The summed E-state index contributed by atoms with van der Waals surface area (Å²) in [6.45, 7) is 1.28. The van der Waals surface area contributed by atoms with E-state index < -0.39 is 6.04 Å². The Labute approximate surface area is 121 Å². The van der Waals surface area contributed by atoms with Gasteiger partial charge in [-0.15, -0.1) is 11.3 Å². The van der Waals surface area contributed by atoms with E-state index in [9.17, 15) is 14.7 Å². The van der Waals surface area contributed by atoms with Crippen LogP contribution in [0.4, 0.5) is 0 Å². The summed E-state index contributed by atoms with van der Waals surface area (Å²) in [7, 11) is 0. The third-order valence-electron chi connectivity index (χ3n) is 2.92. The Morgan fingerprint density at radius 3 is 2.55 bits per heavy atom. The zero-order valence-corrected chi connectivity index (χ0v) is 11.8. The first kappa shape index (κ1) is 14.4. The number of Topliss-reactive ketones (excluding diaryl/α,β-unsaturated/α-hetero) is 1. The van der Waals surface area contributed by atoms with Gasteiger partial charge in [0.25, 0.3) is 5.91 Å². The first-order valence-corrected chi connectivity index (χ1v) is 7.06. The van der Waals surface area contributed by atoms with Crippen LogP contribution >= 0.6 is 11.3 Å². The number of nitrogens with one attached hydrogen (secondary N) is 1. The number of hydrogen-bond acceptors (Lipinski definition) is 4. The molecule has 20 heavy (non-hydrogen) atoms. The first-order chi connectivity index (χ1) is 9.61. The zero-order valence-electron chi connectivity index (χ0n) is 11.0. The molecule has 5 heteroatoms. The molecule has 2 N–H and O–H groups in total. The number of rotatable bonds is 5. The Morgan fingerprint density at radius 1 is 1.30 bits per heavy atom. The highest BCUT2D eigenvalue weighted by Gasteiger charge is 2.16. The molecule has 0 saturated heterocycles. The molecule has 1 unspecified atom stereocenters. The van der Waals surface area contributed by atoms with E-state index in [-0.39, 0.29) is 18.3 Å². The van der Waals surface area contributed by atoms with E-state index in [1.165, 1.54) is 18.3 Å². The molecule has 0 spiro atoms. The fraction of sp³-hybridized carbons (Fsp3) is 0.200. The van der Waals surface area contributed by atoms with Crippen molar-refractivity contribution < 1.29 is 14.7 Å². The molecule has 104 valence electrons. The van der Waals surface area contributed by atoms with Gasteiger partial charge in [0.2, 0.25) is 0 Å². The molecule has 1 heterocycles. The molecule has 1 aromatic carbocycles. The molecule has 0 saturated carbocycles. The lowest BCUT2D eigenvalue weighted by Gasteiger charge is -2.16. The van der Waals surface area contributed by atoms with Gasteiger partial charge < -0.3 is 10.4 Å². The van der Waals surface area contributed by atoms with Crippen LogP contribution in [0.2, 0.25) is 0 Å². The van der Waals surface area contributed by atoms with Crippen molar-refractivity contribution in [3.63, 3.8) is 0 Å². The SMILES string of the molecule is CC(=O)c1csc(C(=O)NC(CO)c2ccccc2)c1. The van der Waals surface area contributed by atoms with Gasteiger partial charge in [-0.05, 0) is 18.6 Å². The van der Waals surface area contributed by atoms with E-state index in [0.29, 0.717) is 10.4 Å². The van der Waals surface area contributed by atoms with Crippen LogP contribution in [0.1, 0.15) is 38.6 Å². The fourth-order valence-corrected chi connectivity index (χ4v) is 2.64. The summed E-state index contributed by atoms with van der Waals surface area (Å²) < 4.78 is 0. The molecular weight excluding hydrogens is 274 g/mol. The Balaban J connectivity index is 2.11. The van der Waals surface area contributed by atoms with E-state index >= 15 is 0 Å². The van der Waals surface area contributed by atoms with Gasteiger partial charge in [0.1, 0.15) is 0 Å². The fourth-order valence-electron chi connectivity index (χ4n) is 1.79. The van der Waals surface area contributed by atoms with Gasteiger partial charge in [-0.1, -0.05) is 30.3 Å². The second-order valence-electron chi connectivity index (χ2n) is 4.38. The van der Waals surface area contributed by atoms with E-state index in [4.69, 9.17) is 0 Å². The van der Waals surface area contributed by atoms with Crippen molar-refractivity contribution in [3.8, 4) is 0 Å². The number of thiophene rings is 1. The highest BCUT2D eigenvalue weighted by atomic mass is 32.1. The topological polar surface area (TPSA) is 66.4 Å². The van der Waals surface area contributed by atoms with Crippen LogP contribution in [0, 0.1) is 0 Å². The van der Waals surface area contributed by atoms with Crippen molar-refractivity contribution in [1.82, 2.24) is 5.32 Å². The maximum absolute atomic E-state index is 12.1. The molecule has 0 bridgehead atoms. The average Bonchev–Trinajstić information content (AvgIpc) is 2.95. The largest absolute Gasteiger partial charge is 0.394 e. The van der Waals surface area contributed by atoms with Gasteiger partial charge in [-0.3, -0.25) is 9.59 Å². The van der Waals surface area contributed by atoms with Gasteiger partial charge in [-0.2, -0.15) is 0 Å². The van der Waals surface area contributed by atoms with Gasteiger partial charge in [0.05, 0.1) is 17.5 Å². The van der Waals surface area contributed by atoms with E-state index in [1.54, 1.807) is 11.4 Å². The first-order valence-electron chi connectivity index (χ1n) is 6.18. The maximum atomic E-state index is 12.1. The van der Waals surface area contributed by atoms with Crippen LogP contribution < -0.4 is 5.32 Å². The van der Waals surface area contributed by atoms with Gasteiger partial charge in [0.15, 0.2) is 5.78 Å². The van der Waals surface area contributed by atoms with Crippen molar-refractivity contribution in [2.45, 2.75) is 13.0 Å². The van der Waals surface area contributed by atoms with Crippen LogP contribution in [0.15, 0.2) is 41.8 Å². The minimum atomic E-state index is -0.452. The molecule has 0 aliphatic carbocycles. The third kappa shape index (κ3) is 3.31. The lowest BCUT2D eigenvalue weighted by atomic mass is 10.1. The second kappa shape index (κ2) is 6.45. The number of carbonyl (C=O) groups is 2. The summed E-state index contributed by atoms with van der Waals surface area (Å²) in [5.74, 6) is -0.354. The Bertz CT molecular complexity index is 607. The number of hydrogen-bond donors (Lipinski definition) is 2. The highest BCUT2D eigenvalue weighted by molar-refractivity contribution is 7.12. The number of aliphatic hydroxyl groups excluding tert-OH is 1. The summed E-state index contributed by atoms with van der Waals surface area (Å²) in [6, 6.07) is 10.4. The van der Waals surface area contributed by atoms with Crippen LogP contribution in [0.25, 0.3) is 0 Å². The van der Waals surface area contributed by atoms with Crippen LogP contribution in [0.3, 0.4) is 0 Å². The van der Waals surface area contributed by atoms with Crippen molar-refractivity contribution >= 4 is 23.0 Å². The van der Waals surface area contributed by atoms with Crippen LogP contribution in [-0.2, 0) is 0 Å². The number of amides is 1. The van der Waals surface area contributed by atoms with Gasteiger partial charge >= 0.3 is 0 Å². The normalized spacial score (nSPS) is 11.9. The van der Waals surface area contributed by atoms with E-state index in [2.05, 4.69) is 5.32 Å². The van der Waals surface area contributed by atoms with Crippen molar-refractivity contribution in [3.05, 3.63) is 57.8 Å². The molecule has 2 rings (SSSR count). The quantitative estimate of drug-likeness (QED) is 0.831. The number of carbonyl (C=O) groups excluding carboxylic acids is 2. The Kier molecular flexibility index (Phi) is 4.65.